The Bertz CT molecular complexity index is 450. The molecule has 1 saturated heterocycles. The maximum Gasteiger partial charge on any atom is 0.305 e. The van der Waals surface area contributed by atoms with Gasteiger partial charge in [-0.05, 0) is 37.1 Å². The molecule has 108 valence electrons. The zero-order valence-corrected chi connectivity index (χ0v) is 11.8. The van der Waals surface area contributed by atoms with E-state index in [-0.39, 0.29) is 6.42 Å². The monoisotopic (exact) mass is 274 g/mol. The average molecular weight is 274 g/mol. The van der Waals surface area contributed by atoms with Gasteiger partial charge < -0.3 is 14.9 Å². The highest BCUT2D eigenvalue weighted by Crippen LogP contribution is 2.24. The van der Waals surface area contributed by atoms with E-state index in [0.717, 1.165) is 18.8 Å². The molecule has 0 spiro atoms. The van der Waals surface area contributed by atoms with Crippen LogP contribution in [-0.4, -0.2) is 37.3 Å². The Labute approximate surface area is 120 Å². The van der Waals surface area contributed by atoms with Crippen LogP contribution in [0.25, 0.3) is 0 Å². The number of aliphatic carboxylic acids is 1. The molecule has 0 amide bonds. The predicted molar refractivity (Wildman–Crippen MR) is 82.6 cm³/mol. The normalized spacial score (nSPS) is 14.3. The van der Waals surface area contributed by atoms with E-state index in [0.29, 0.717) is 13.1 Å². The summed E-state index contributed by atoms with van der Waals surface area (Å²) >= 11 is 0. The van der Waals surface area contributed by atoms with Crippen molar-refractivity contribution in [1.29, 1.82) is 0 Å². The lowest BCUT2D eigenvalue weighted by Crippen LogP contribution is -2.26. The summed E-state index contributed by atoms with van der Waals surface area (Å²) in [5, 5.41) is 8.81. The van der Waals surface area contributed by atoms with Crippen LogP contribution in [0.2, 0.25) is 0 Å². The Hall–Kier alpha value is -1.97. The van der Waals surface area contributed by atoms with Crippen molar-refractivity contribution in [1.82, 2.24) is 0 Å². The first-order valence-corrected chi connectivity index (χ1v) is 7.13. The fourth-order valence-electron chi connectivity index (χ4n) is 2.56. The minimum Gasteiger partial charge on any atom is -0.481 e. The molecule has 1 aromatic carbocycles. The molecular weight excluding hydrogens is 252 g/mol. The first-order chi connectivity index (χ1) is 9.70. The van der Waals surface area contributed by atoms with E-state index in [1.165, 1.54) is 18.5 Å². The topological polar surface area (TPSA) is 43.8 Å². The fourth-order valence-corrected chi connectivity index (χ4v) is 2.56. The number of carbonyl (C=O) groups is 1. The third-order valence-corrected chi connectivity index (χ3v) is 3.63. The van der Waals surface area contributed by atoms with Crippen LogP contribution >= 0.6 is 0 Å². The van der Waals surface area contributed by atoms with Crippen LogP contribution in [-0.2, 0) is 4.79 Å². The third kappa shape index (κ3) is 3.76. The fraction of sp³-hybridized carbons (Fsp3) is 0.438. The highest BCUT2D eigenvalue weighted by atomic mass is 16.4. The molecule has 1 N–H and O–H groups in total. The number of anilines is 2. The molecule has 4 nitrogen and oxygen atoms in total. The van der Waals surface area contributed by atoms with Crippen molar-refractivity contribution in [2.75, 3.05) is 36.0 Å². The van der Waals surface area contributed by atoms with Gasteiger partial charge in [0.2, 0.25) is 0 Å². The second-order valence-electron chi connectivity index (χ2n) is 5.09. The van der Waals surface area contributed by atoms with Crippen LogP contribution < -0.4 is 9.80 Å². The molecule has 1 aliphatic rings. The van der Waals surface area contributed by atoms with Crippen molar-refractivity contribution in [2.24, 2.45) is 0 Å². The molecule has 4 heteroatoms. The Balaban J connectivity index is 2.04. The SMILES string of the molecule is C=CCN(CCC(=O)O)c1ccc(N2CCCC2)cc1. The molecular formula is C16H22N2O2. The molecule has 2 rings (SSSR count). The van der Waals surface area contributed by atoms with E-state index in [1.807, 2.05) is 4.90 Å². The van der Waals surface area contributed by atoms with Gasteiger partial charge in [0, 0.05) is 37.6 Å². The molecule has 0 aromatic heterocycles. The van der Waals surface area contributed by atoms with Crippen molar-refractivity contribution in [3.63, 3.8) is 0 Å². The smallest absolute Gasteiger partial charge is 0.305 e. The molecule has 0 radical (unpaired) electrons. The molecule has 0 bridgehead atoms. The van der Waals surface area contributed by atoms with Gasteiger partial charge in [-0.15, -0.1) is 6.58 Å². The lowest BCUT2D eigenvalue weighted by molar-refractivity contribution is -0.136. The summed E-state index contributed by atoms with van der Waals surface area (Å²) in [5.74, 6) is -0.771. The number of carboxylic acids is 1. The molecule has 0 unspecified atom stereocenters. The number of carboxylic acid groups (broad SMARTS) is 1. The van der Waals surface area contributed by atoms with Gasteiger partial charge in [0.25, 0.3) is 0 Å². The van der Waals surface area contributed by atoms with Gasteiger partial charge in [-0.2, -0.15) is 0 Å². The standard InChI is InChI=1S/C16H22N2O2/c1-2-10-17(13-9-16(19)20)14-5-7-15(8-6-14)18-11-3-4-12-18/h2,5-8H,1,3-4,9-13H2,(H,19,20). The first-order valence-electron chi connectivity index (χ1n) is 7.13. The highest BCUT2D eigenvalue weighted by molar-refractivity contribution is 5.68. The van der Waals surface area contributed by atoms with Gasteiger partial charge in [-0.25, -0.2) is 0 Å². The summed E-state index contributed by atoms with van der Waals surface area (Å²) in [7, 11) is 0. The van der Waals surface area contributed by atoms with Crippen LogP contribution in [0.5, 0.6) is 0 Å². The highest BCUT2D eigenvalue weighted by Gasteiger charge is 2.13. The minimum atomic E-state index is -0.771. The Morgan fingerprint density at radius 3 is 2.50 bits per heavy atom. The number of hydrogen-bond donors (Lipinski definition) is 1. The van der Waals surface area contributed by atoms with Crippen LogP contribution in [0.15, 0.2) is 36.9 Å². The van der Waals surface area contributed by atoms with Crippen LogP contribution in [0.1, 0.15) is 19.3 Å². The quantitative estimate of drug-likeness (QED) is 0.776. The van der Waals surface area contributed by atoms with Gasteiger partial charge in [0.05, 0.1) is 6.42 Å². The predicted octanol–water partition coefficient (Wildman–Crippen LogP) is 2.75. The first kappa shape index (κ1) is 14.4. The van der Waals surface area contributed by atoms with Gasteiger partial charge in [0.15, 0.2) is 0 Å². The van der Waals surface area contributed by atoms with Gasteiger partial charge in [0.1, 0.15) is 0 Å². The van der Waals surface area contributed by atoms with Gasteiger partial charge >= 0.3 is 5.97 Å². The molecule has 1 fully saturated rings. The van der Waals surface area contributed by atoms with Gasteiger partial charge in [-0.3, -0.25) is 4.79 Å². The summed E-state index contributed by atoms with van der Waals surface area (Å²) in [6, 6.07) is 8.38. The minimum absolute atomic E-state index is 0.141. The zero-order valence-electron chi connectivity index (χ0n) is 11.8. The van der Waals surface area contributed by atoms with Crippen molar-refractivity contribution in [2.45, 2.75) is 19.3 Å². The van der Waals surface area contributed by atoms with Crippen LogP contribution in [0.3, 0.4) is 0 Å². The summed E-state index contributed by atoms with van der Waals surface area (Å²) in [5.41, 5.74) is 2.30. The maximum atomic E-state index is 10.7. The van der Waals surface area contributed by atoms with Crippen LogP contribution in [0.4, 0.5) is 11.4 Å². The number of benzene rings is 1. The maximum absolute atomic E-state index is 10.7. The van der Waals surface area contributed by atoms with Crippen molar-refractivity contribution in [3.8, 4) is 0 Å². The number of rotatable bonds is 7. The molecule has 1 aliphatic heterocycles. The van der Waals surface area contributed by atoms with E-state index in [2.05, 4.69) is 35.7 Å². The molecule has 1 aromatic rings. The summed E-state index contributed by atoms with van der Waals surface area (Å²) in [6.07, 6.45) is 4.48. The molecule has 0 saturated carbocycles. The van der Waals surface area contributed by atoms with Gasteiger partial charge in [-0.1, -0.05) is 6.08 Å². The van der Waals surface area contributed by atoms with E-state index in [9.17, 15) is 4.79 Å². The summed E-state index contributed by atoms with van der Waals surface area (Å²) in [4.78, 5) is 15.1. The van der Waals surface area contributed by atoms with E-state index >= 15 is 0 Å². The summed E-state index contributed by atoms with van der Waals surface area (Å²) < 4.78 is 0. The molecule has 0 atom stereocenters. The second-order valence-corrected chi connectivity index (χ2v) is 5.09. The summed E-state index contributed by atoms with van der Waals surface area (Å²) in [6.45, 7) is 7.17. The lowest BCUT2D eigenvalue weighted by Gasteiger charge is -2.24. The van der Waals surface area contributed by atoms with Crippen molar-refractivity contribution < 1.29 is 9.90 Å². The largest absolute Gasteiger partial charge is 0.481 e. The lowest BCUT2D eigenvalue weighted by atomic mass is 10.2. The molecule has 0 aliphatic carbocycles. The van der Waals surface area contributed by atoms with E-state index < -0.39 is 5.97 Å². The van der Waals surface area contributed by atoms with Crippen LogP contribution in [0, 0.1) is 0 Å². The third-order valence-electron chi connectivity index (χ3n) is 3.63. The Kier molecular flexibility index (Phi) is 5.04. The number of hydrogen-bond acceptors (Lipinski definition) is 3. The number of nitrogens with zero attached hydrogens (tertiary/aromatic N) is 2. The van der Waals surface area contributed by atoms with Crippen molar-refractivity contribution in [3.05, 3.63) is 36.9 Å². The zero-order chi connectivity index (χ0) is 14.4. The van der Waals surface area contributed by atoms with E-state index in [1.54, 1.807) is 6.08 Å². The Morgan fingerprint density at radius 1 is 1.30 bits per heavy atom. The molecule has 20 heavy (non-hydrogen) atoms. The molecule has 1 heterocycles. The second kappa shape index (κ2) is 6.98. The van der Waals surface area contributed by atoms with E-state index in [4.69, 9.17) is 5.11 Å². The Morgan fingerprint density at radius 2 is 1.95 bits per heavy atom. The average Bonchev–Trinajstić information content (AvgIpc) is 2.97. The van der Waals surface area contributed by atoms with Crippen molar-refractivity contribution >= 4 is 17.3 Å².